The van der Waals surface area contributed by atoms with Crippen LogP contribution >= 0.6 is 0 Å². The molecule has 2 bridgehead atoms. The number of hydrogen-bond acceptors (Lipinski definition) is 5. The molecule has 0 aliphatic carbocycles. The third kappa shape index (κ3) is 4.88. The molecule has 0 saturated carbocycles. The van der Waals surface area contributed by atoms with E-state index in [2.05, 4.69) is 13.2 Å². The number of rotatable bonds is 12. The molecule has 8 heteroatoms. The van der Waals surface area contributed by atoms with Crippen LogP contribution < -0.4 is 4.90 Å². The molecule has 234 valence electrons. The third-order valence-corrected chi connectivity index (χ3v) is 10.1. The number of fused-ring (bicyclic) bond motifs is 1. The van der Waals surface area contributed by atoms with Crippen molar-refractivity contribution in [2.75, 3.05) is 31.6 Å². The number of aryl methyl sites for hydroxylation is 2. The van der Waals surface area contributed by atoms with Crippen LogP contribution in [-0.2, 0) is 25.5 Å². The van der Waals surface area contributed by atoms with Gasteiger partial charge in [0.05, 0.1) is 30.1 Å². The first-order valence-corrected chi connectivity index (χ1v) is 15.6. The van der Waals surface area contributed by atoms with E-state index in [1.165, 1.54) is 0 Å². The lowest BCUT2D eigenvalue weighted by Crippen LogP contribution is -2.59. The number of carbonyl (C=O) groups is 3. The summed E-state index contributed by atoms with van der Waals surface area (Å²) in [5.41, 5.74) is 1.49. The number of amides is 3. The van der Waals surface area contributed by atoms with Gasteiger partial charge in [-0.3, -0.25) is 14.4 Å². The van der Waals surface area contributed by atoms with E-state index in [0.717, 1.165) is 22.4 Å². The summed E-state index contributed by atoms with van der Waals surface area (Å²) in [7, 11) is 1.71. The van der Waals surface area contributed by atoms with E-state index in [4.69, 9.17) is 4.74 Å². The molecule has 3 aliphatic rings. The van der Waals surface area contributed by atoms with E-state index in [-0.39, 0.29) is 30.9 Å². The standard InChI is InChI=1S/C36H45N3O5/c1-7-20-37(6)32(41)28-29-33(42)39(27(23-40)22-26-16-11-10-12-17-26)31(36(29)19-18-35(28,9-3)44-36)34(43)38(21-8-2)30-24(4)14-13-15-25(30)5/h7-8,10-17,27-29,31,40H,1-2,9,18-23H2,3-6H3/t27-,28+,29+,31?,35-,36?/m1/s1. The molecule has 44 heavy (non-hydrogen) atoms. The van der Waals surface area contributed by atoms with E-state index in [9.17, 15) is 14.7 Å². The van der Waals surface area contributed by atoms with Crippen LogP contribution in [0.4, 0.5) is 5.69 Å². The Balaban J connectivity index is 1.68. The van der Waals surface area contributed by atoms with E-state index in [1.807, 2.05) is 69.3 Å². The molecule has 0 aromatic heterocycles. The zero-order valence-electron chi connectivity index (χ0n) is 26.4. The van der Waals surface area contributed by atoms with Crippen molar-refractivity contribution >= 4 is 23.4 Å². The van der Waals surface area contributed by atoms with Crippen LogP contribution in [0.3, 0.4) is 0 Å². The van der Waals surface area contributed by atoms with Gasteiger partial charge in [0.25, 0.3) is 5.91 Å². The van der Waals surface area contributed by atoms with Crippen molar-refractivity contribution in [2.24, 2.45) is 11.8 Å². The fraction of sp³-hybridized carbons (Fsp3) is 0.472. The summed E-state index contributed by atoms with van der Waals surface area (Å²) in [6.07, 6.45) is 5.28. The van der Waals surface area contributed by atoms with Crippen LogP contribution in [0.1, 0.15) is 42.9 Å². The topological polar surface area (TPSA) is 90.4 Å². The van der Waals surface area contributed by atoms with Gasteiger partial charge in [-0.05, 0) is 56.2 Å². The smallest absolute Gasteiger partial charge is 0.253 e. The van der Waals surface area contributed by atoms with Crippen molar-refractivity contribution in [3.63, 3.8) is 0 Å². The lowest BCUT2D eigenvalue weighted by Gasteiger charge is -2.40. The van der Waals surface area contributed by atoms with Crippen LogP contribution in [0.2, 0.25) is 0 Å². The number of anilines is 1. The number of para-hydroxylation sites is 1. The summed E-state index contributed by atoms with van der Waals surface area (Å²) in [5, 5.41) is 10.8. The number of ether oxygens (including phenoxy) is 1. The number of benzene rings is 2. The molecule has 8 nitrogen and oxygen atoms in total. The molecular weight excluding hydrogens is 554 g/mol. The molecule has 1 spiro atoms. The Bertz CT molecular complexity index is 1420. The Hall–Kier alpha value is -3.75. The number of aliphatic hydroxyl groups is 1. The fourth-order valence-electron chi connectivity index (χ4n) is 8.16. The second-order valence-corrected chi connectivity index (χ2v) is 12.6. The molecule has 2 unspecified atom stereocenters. The van der Waals surface area contributed by atoms with E-state index in [1.54, 1.807) is 33.9 Å². The molecule has 6 atom stereocenters. The van der Waals surface area contributed by atoms with Gasteiger partial charge in [-0.25, -0.2) is 0 Å². The molecule has 2 aromatic rings. The first-order chi connectivity index (χ1) is 21.1. The van der Waals surface area contributed by atoms with Crippen LogP contribution in [0.25, 0.3) is 0 Å². The first kappa shape index (κ1) is 31.7. The number of likely N-dealkylation sites (tertiary alicyclic amines) is 1. The number of nitrogens with zero attached hydrogens (tertiary/aromatic N) is 3. The van der Waals surface area contributed by atoms with Crippen LogP contribution in [-0.4, -0.2) is 82.7 Å². The maximum absolute atomic E-state index is 15.1. The van der Waals surface area contributed by atoms with Gasteiger partial charge < -0.3 is 24.5 Å². The first-order valence-electron chi connectivity index (χ1n) is 15.6. The Morgan fingerprint density at radius 3 is 2.30 bits per heavy atom. The van der Waals surface area contributed by atoms with Crippen LogP contribution in [0, 0.1) is 25.7 Å². The van der Waals surface area contributed by atoms with Gasteiger partial charge in [0.15, 0.2) is 0 Å². The number of likely N-dealkylation sites (N-methyl/N-ethyl adjacent to an activating group) is 1. The summed E-state index contributed by atoms with van der Waals surface area (Å²) in [4.78, 5) is 48.9. The SMILES string of the molecule is C=CCN(C)C(=O)[C@@H]1[C@H]2C(=O)N([C@@H](CO)Cc3ccccc3)C(C(=O)N(CC=C)c3c(C)cccc3C)C23CC[C@@]1(CC)O3. The fourth-order valence-corrected chi connectivity index (χ4v) is 8.16. The molecule has 5 rings (SSSR count). The Kier molecular flexibility index (Phi) is 8.87. The second kappa shape index (κ2) is 12.3. The molecule has 3 amide bonds. The van der Waals surface area contributed by atoms with Crippen molar-refractivity contribution in [3.8, 4) is 0 Å². The number of hydrogen-bond donors (Lipinski definition) is 1. The van der Waals surface area contributed by atoms with Crippen molar-refractivity contribution in [1.29, 1.82) is 0 Å². The minimum Gasteiger partial charge on any atom is -0.394 e. The molecule has 2 aromatic carbocycles. The van der Waals surface area contributed by atoms with Crippen molar-refractivity contribution in [2.45, 2.75) is 69.7 Å². The highest BCUT2D eigenvalue weighted by atomic mass is 16.5. The van der Waals surface area contributed by atoms with Gasteiger partial charge in [-0.1, -0.05) is 67.6 Å². The average Bonchev–Trinajstić information content (AvgIpc) is 3.63. The van der Waals surface area contributed by atoms with Gasteiger partial charge in [0.2, 0.25) is 11.8 Å². The minimum absolute atomic E-state index is 0.180. The maximum atomic E-state index is 15.1. The molecule has 3 heterocycles. The molecule has 3 fully saturated rings. The zero-order chi connectivity index (χ0) is 31.8. The van der Waals surface area contributed by atoms with Gasteiger partial charge in [0, 0.05) is 25.8 Å². The summed E-state index contributed by atoms with van der Waals surface area (Å²) in [5.74, 6) is -2.37. The second-order valence-electron chi connectivity index (χ2n) is 12.6. The highest BCUT2D eigenvalue weighted by Crippen LogP contribution is 2.65. The van der Waals surface area contributed by atoms with Crippen molar-refractivity contribution in [1.82, 2.24) is 9.80 Å². The normalized spacial score (nSPS) is 27.6. The Morgan fingerprint density at radius 2 is 1.70 bits per heavy atom. The molecule has 3 saturated heterocycles. The quantitative estimate of drug-likeness (QED) is 0.369. The van der Waals surface area contributed by atoms with Crippen LogP contribution in [0.15, 0.2) is 73.8 Å². The summed E-state index contributed by atoms with van der Waals surface area (Å²) < 4.78 is 7.00. The lowest BCUT2D eigenvalue weighted by molar-refractivity contribution is -0.153. The maximum Gasteiger partial charge on any atom is 0.253 e. The Morgan fingerprint density at radius 1 is 1.05 bits per heavy atom. The van der Waals surface area contributed by atoms with Crippen molar-refractivity contribution in [3.05, 3.63) is 90.5 Å². The highest BCUT2D eigenvalue weighted by Gasteiger charge is 2.79. The van der Waals surface area contributed by atoms with E-state index >= 15 is 4.79 Å². The molecule has 3 aliphatic heterocycles. The number of carbonyl (C=O) groups excluding carboxylic acids is 3. The number of aliphatic hydroxyl groups excluding tert-OH is 1. The summed E-state index contributed by atoms with van der Waals surface area (Å²) >= 11 is 0. The average molecular weight is 600 g/mol. The van der Waals surface area contributed by atoms with E-state index < -0.39 is 35.1 Å². The Labute approximate surface area is 261 Å². The molecular formula is C36H45N3O5. The summed E-state index contributed by atoms with van der Waals surface area (Å²) in [6, 6.07) is 13.8. The predicted molar refractivity (Wildman–Crippen MR) is 171 cm³/mol. The summed E-state index contributed by atoms with van der Waals surface area (Å²) in [6.45, 7) is 13.9. The highest BCUT2D eigenvalue weighted by molar-refractivity contribution is 6.06. The van der Waals surface area contributed by atoms with Gasteiger partial charge in [-0.15, -0.1) is 13.2 Å². The third-order valence-electron chi connectivity index (χ3n) is 10.1. The predicted octanol–water partition coefficient (Wildman–Crippen LogP) is 4.23. The zero-order valence-corrected chi connectivity index (χ0v) is 26.4. The molecule has 1 N–H and O–H groups in total. The molecule has 0 radical (unpaired) electrons. The van der Waals surface area contributed by atoms with Crippen molar-refractivity contribution < 1.29 is 24.2 Å². The largest absolute Gasteiger partial charge is 0.394 e. The lowest BCUT2D eigenvalue weighted by atomic mass is 9.64. The minimum atomic E-state index is -1.21. The van der Waals surface area contributed by atoms with E-state index in [0.29, 0.717) is 32.2 Å². The van der Waals surface area contributed by atoms with Gasteiger partial charge in [0.1, 0.15) is 11.6 Å². The van der Waals surface area contributed by atoms with Gasteiger partial charge in [-0.2, -0.15) is 0 Å². The monoisotopic (exact) mass is 599 g/mol. The van der Waals surface area contributed by atoms with Crippen LogP contribution in [0.5, 0.6) is 0 Å². The van der Waals surface area contributed by atoms with Gasteiger partial charge >= 0.3 is 0 Å².